The van der Waals surface area contributed by atoms with Gasteiger partial charge >= 0.3 is 0 Å². The number of hydrogen-bond acceptors (Lipinski definition) is 2. The van der Waals surface area contributed by atoms with E-state index in [1.165, 1.54) is 27.7 Å². The Bertz CT molecular complexity index is 833. The lowest BCUT2D eigenvalue weighted by Crippen LogP contribution is -2.30. The van der Waals surface area contributed by atoms with Crippen molar-refractivity contribution in [3.8, 4) is 5.75 Å². The van der Waals surface area contributed by atoms with Crippen LogP contribution in [0.3, 0.4) is 0 Å². The predicted octanol–water partition coefficient (Wildman–Crippen LogP) is 4.44. The maximum absolute atomic E-state index is 5.80. The van der Waals surface area contributed by atoms with E-state index >= 15 is 0 Å². The van der Waals surface area contributed by atoms with Gasteiger partial charge in [-0.2, -0.15) is 0 Å². The molecule has 0 bridgehead atoms. The first-order chi connectivity index (χ1) is 11.7. The van der Waals surface area contributed by atoms with Crippen LogP contribution in [0.4, 0.5) is 0 Å². The smallest absolute Gasteiger partial charge is 0.119 e. The lowest BCUT2D eigenvalue weighted by molar-refractivity contribution is 0.271. The second kappa shape index (κ2) is 6.33. The summed E-state index contributed by atoms with van der Waals surface area (Å²) in [4.78, 5) is 3.63. The Morgan fingerprint density at radius 2 is 1.88 bits per heavy atom. The van der Waals surface area contributed by atoms with Crippen molar-refractivity contribution in [2.24, 2.45) is 5.92 Å². The summed E-state index contributed by atoms with van der Waals surface area (Å²) in [5.74, 6) is 1.48. The largest absolute Gasteiger partial charge is 0.493 e. The van der Waals surface area contributed by atoms with Crippen molar-refractivity contribution >= 4 is 10.9 Å². The van der Waals surface area contributed by atoms with E-state index in [4.69, 9.17) is 4.74 Å². The fraction of sp³-hybridized carbons (Fsp3) is 0.333. The molecule has 4 rings (SSSR count). The summed E-state index contributed by atoms with van der Waals surface area (Å²) >= 11 is 0. The first-order valence-electron chi connectivity index (χ1n) is 8.78. The average Bonchev–Trinajstić information content (AvgIpc) is 2.99. The van der Waals surface area contributed by atoms with E-state index in [1.807, 2.05) is 0 Å². The summed E-state index contributed by atoms with van der Waals surface area (Å²) < 4.78 is 5.80. The van der Waals surface area contributed by atoms with Gasteiger partial charge in [0.2, 0.25) is 0 Å². The molecule has 2 heterocycles. The molecule has 0 radical (unpaired) electrons. The predicted molar refractivity (Wildman–Crippen MR) is 98.6 cm³/mol. The quantitative estimate of drug-likeness (QED) is 0.746. The van der Waals surface area contributed by atoms with Gasteiger partial charge in [-0.05, 0) is 41.7 Å². The molecule has 0 saturated heterocycles. The maximum Gasteiger partial charge on any atom is 0.119 e. The Hall–Kier alpha value is -2.26. The van der Waals surface area contributed by atoms with Crippen LogP contribution in [-0.2, 0) is 6.42 Å². The maximum atomic E-state index is 5.80. The molecule has 0 saturated carbocycles. The van der Waals surface area contributed by atoms with E-state index in [0.717, 1.165) is 25.3 Å². The zero-order valence-corrected chi connectivity index (χ0v) is 14.3. The number of rotatable bonds is 4. The van der Waals surface area contributed by atoms with Crippen LogP contribution in [0.5, 0.6) is 5.75 Å². The van der Waals surface area contributed by atoms with Gasteiger partial charge in [0, 0.05) is 23.1 Å². The molecule has 1 aromatic heterocycles. The Morgan fingerprint density at radius 3 is 2.67 bits per heavy atom. The second-order valence-corrected chi connectivity index (χ2v) is 6.97. The number of aromatic nitrogens is 1. The van der Waals surface area contributed by atoms with Crippen molar-refractivity contribution in [2.45, 2.75) is 26.3 Å². The van der Waals surface area contributed by atoms with Crippen molar-refractivity contribution in [2.75, 3.05) is 13.2 Å². The Labute approximate surface area is 143 Å². The minimum atomic E-state index is 0.222. The van der Waals surface area contributed by atoms with E-state index in [9.17, 15) is 0 Å². The molecule has 0 amide bonds. The molecular weight excluding hydrogens is 296 g/mol. The molecule has 124 valence electrons. The fourth-order valence-electron chi connectivity index (χ4n) is 3.48. The van der Waals surface area contributed by atoms with Crippen LogP contribution in [0.1, 0.15) is 36.7 Å². The third kappa shape index (κ3) is 2.80. The number of para-hydroxylation sites is 1. The highest BCUT2D eigenvalue weighted by atomic mass is 16.5. The zero-order valence-electron chi connectivity index (χ0n) is 14.3. The minimum Gasteiger partial charge on any atom is -0.493 e. The molecule has 1 atom stereocenters. The third-order valence-corrected chi connectivity index (χ3v) is 4.66. The van der Waals surface area contributed by atoms with Crippen molar-refractivity contribution in [3.05, 3.63) is 65.4 Å². The second-order valence-electron chi connectivity index (χ2n) is 6.97. The lowest BCUT2D eigenvalue weighted by Gasteiger charge is -2.25. The number of ether oxygens (including phenoxy) is 1. The summed E-state index contributed by atoms with van der Waals surface area (Å²) in [5.41, 5.74) is 5.26. The molecule has 2 aromatic carbocycles. The molecule has 0 fully saturated rings. The van der Waals surface area contributed by atoms with Crippen LogP contribution in [0, 0.1) is 5.92 Å². The molecule has 3 aromatic rings. The van der Waals surface area contributed by atoms with Gasteiger partial charge in [0.05, 0.1) is 12.6 Å². The van der Waals surface area contributed by atoms with Gasteiger partial charge < -0.3 is 15.0 Å². The molecule has 0 aliphatic carbocycles. The molecule has 24 heavy (non-hydrogen) atoms. The third-order valence-electron chi connectivity index (χ3n) is 4.66. The summed E-state index contributed by atoms with van der Waals surface area (Å²) in [6.45, 7) is 6.09. The van der Waals surface area contributed by atoms with Crippen LogP contribution in [0.15, 0.2) is 48.5 Å². The molecular formula is C21H24N2O. The minimum absolute atomic E-state index is 0.222. The lowest BCUT2D eigenvalue weighted by atomic mass is 9.94. The number of nitrogens with one attached hydrogen (secondary N) is 2. The monoisotopic (exact) mass is 320 g/mol. The van der Waals surface area contributed by atoms with Gasteiger partial charge in [-0.15, -0.1) is 0 Å². The van der Waals surface area contributed by atoms with Crippen LogP contribution in [0.2, 0.25) is 0 Å². The number of fused-ring (bicyclic) bond motifs is 3. The molecule has 1 aliphatic rings. The van der Waals surface area contributed by atoms with Crippen molar-refractivity contribution < 1.29 is 4.74 Å². The van der Waals surface area contributed by atoms with Gasteiger partial charge in [-0.3, -0.25) is 0 Å². The number of benzene rings is 2. The number of H-pyrrole nitrogens is 1. The average molecular weight is 320 g/mol. The molecule has 3 nitrogen and oxygen atoms in total. The van der Waals surface area contributed by atoms with E-state index in [2.05, 4.69) is 72.7 Å². The van der Waals surface area contributed by atoms with Gasteiger partial charge in [0.25, 0.3) is 0 Å². The van der Waals surface area contributed by atoms with Crippen molar-refractivity contribution in [3.63, 3.8) is 0 Å². The highest BCUT2D eigenvalue weighted by molar-refractivity contribution is 5.85. The van der Waals surface area contributed by atoms with E-state index in [1.54, 1.807) is 0 Å². The van der Waals surface area contributed by atoms with Crippen LogP contribution in [-0.4, -0.2) is 18.1 Å². The summed E-state index contributed by atoms with van der Waals surface area (Å²) in [5, 5.41) is 5.01. The van der Waals surface area contributed by atoms with Gasteiger partial charge in [-0.1, -0.05) is 44.2 Å². The van der Waals surface area contributed by atoms with E-state index in [0.29, 0.717) is 5.92 Å². The van der Waals surface area contributed by atoms with Gasteiger partial charge in [0.1, 0.15) is 5.75 Å². The van der Waals surface area contributed by atoms with Gasteiger partial charge in [-0.25, -0.2) is 0 Å². The van der Waals surface area contributed by atoms with Crippen LogP contribution < -0.4 is 10.1 Å². The van der Waals surface area contributed by atoms with Gasteiger partial charge in [0.15, 0.2) is 0 Å². The summed E-state index contributed by atoms with van der Waals surface area (Å²) in [7, 11) is 0. The Morgan fingerprint density at radius 1 is 1.08 bits per heavy atom. The molecule has 2 N–H and O–H groups in total. The van der Waals surface area contributed by atoms with Crippen molar-refractivity contribution in [1.29, 1.82) is 0 Å². The topological polar surface area (TPSA) is 37.0 Å². The number of aromatic amines is 1. The highest BCUT2D eigenvalue weighted by Gasteiger charge is 2.24. The molecule has 1 aliphatic heterocycles. The van der Waals surface area contributed by atoms with E-state index in [-0.39, 0.29) is 6.04 Å². The van der Waals surface area contributed by atoms with Crippen molar-refractivity contribution in [1.82, 2.24) is 10.3 Å². The fourth-order valence-corrected chi connectivity index (χ4v) is 3.48. The molecule has 1 unspecified atom stereocenters. The summed E-state index contributed by atoms with van der Waals surface area (Å²) in [6, 6.07) is 17.3. The first kappa shape index (κ1) is 15.3. The Balaban J connectivity index is 1.64. The SMILES string of the molecule is CC(C)COc1ccc(C2NCCc3c2[nH]c2ccccc32)cc1. The standard InChI is InChI=1S/C21H24N2O/c1-14(2)13-24-16-9-7-15(8-10-16)20-21-18(11-12-22-20)17-5-3-4-6-19(17)23-21/h3-10,14,20,22-23H,11-13H2,1-2H3. The molecule has 0 spiro atoms. The zero-order chi connectivity index (χ0) is 16.5. The van der Waals surface area contributed by atoms with E-state index < -0.39 is 0 Å². The number of hydrogen-bond donors (Lipinski definition) is 2. The highest BCUT2D eigenvalue weighted by Crippen LogP contribution is 2.33. The summed E-state index contributed by atoms with van der Waals surface area (Å²) in [6.07, 6.45) is 1.07. The normalized spacial score (nSPS) is 17.2. The Kier molecular flexibility index (Phi) is 4.03. The van der Waals surface area contributed by atoms with Crippen LogP contribution in [0.25, 0.3) is 10.9 Å². The first-order valence-corrected chi connectivity index (χ1v) is 8.78. The molecule has 3 heteroatoms. The van der Waals surface area contributed by atoms with Crippen LogP contribution >= 0.6 is 0 Å².